The first-order chi connectivity index (χ1) is 15.6. The Kier molecular flexibility index (Phi) is 11.6. The Bertz CT molecular complexity index is 604. The Morgan fingerprint density at radius 3 is 2.06 bits per heavy atom. The van der Waals surface area contributed by atoms with Crippen LogP contribution < -0.4 is 4.74 Å². The lowest BCUT2D eigenvalue weighted by Crippen LogP contribution is -2.21. The average molecular weight is 465 g/mol. The molecular weight excluding hydrogens is 418 g/mol. The van der Waals surface area contributed by atoms with Gasteiger partial charge in [-0.05, 0) is 61.1 Å². The SMILES string of the molecule is CCCCC[Si@H]1CC[C@H](CCCC[C@H]2CC[C@H](c3ccc(OCC(F)F)cc3)CC2)CC1. The number of unbranched alkanes of at least 4 members (excludes halogenated alkanes) is 3. The Balaban J connectivity index is 1.24. The smallest absolute Gasteiger partial charge is 0.272 e. The zero-order valence-corrected chi connectivity index (χ0v) is 21.5. The van der Waals surface area contributed by atoms with E-state index in [2.05, 4.69) is 19.1 Å². The monoisotopic (exact) mass is 464 g/mol. The molecule has 2 aliphatic rings. The first-order valence-corrected chi connectivity index (χ1v) is 16.1. The molecule has 3 rings (SSSR count). The van der Waals surface area contributed by atoms with E-state index in [0.29, 0.717) is 11.7 Å². The molecular formula is C28H46F2OSi. The summed E-state index contributed by atoms with van der Waals surface area (Å²) in [5, 5.41) is 0. The van der Waals surface area contributed by atoms with Crippen LogP contribution >= 0.6 is 0 Å². The van der Waals surface area contributed by atoms with E-state index in [4.69, 9.17) is 4.74 Å². The van der Waals surface area contributed by atoms with Crippen molar-refractivity contribution in [1.82, 2.24) is 0 Å². The number of alkyl halides is 2. The summed E-state index contributed by atoms with van der Waals surface area (Å²) in [6, 6.07) is 12.8. The second-order valence-electron chi connectivity index (χ2n) is 10.7. The molecule has 32 heavy (non-hydrogen) atoms. The third-order valence-corrected chi connectivity index (χ3v) is 11.8. The van der Waals surface area contributed by atoms with E-state index >= 15 is 0 Å². The number of hydrogen-bond donors (Lipinski definition) is 0. The number of ether oxygens (including phenoxy) is 1. The van der Waals surface area contributed by atoms with Gasteiger partial charge in [0, 0.05) is 8.80 Å². The predicted molar refractivity (Wildman–Crippen MR) is 135 cm³/mol. The molecule has 1 aliphatic heterocycles. The van der Waals surface area contributed by atoms with Crippen LogP contribution in [0.25, 0.3) is 0 Å². The Hall–Kier alpha value is -0.903. The number of hydrogen-bond acceptors (Lipinski definition) is 1. The maximum Gasteiger partial charge on any atom is 0.272 e. The molecule has 0 N–H and O–H groups in total. The van der Waals surface area contributed by atoms with Gasteiger partial charge in [-0.1, -0.05) is 95.0 Å². The summed E-state index contributed by atoms with van der Waals surface area (Å²) in [5.41, 5.74) is 1.35. The molecule has 0 amide bonds. The molecule has 0 spiro atoms. The summed E-state index contributed by atoms with van der Waals surface area (Å²) in [6.07, 6.45) is 16.1. The number of halogens is 2. The fourth-order valence-corrected chi connectivity index (χ4v) is 9.76. The highest BCUT2D eigenvalue weighted by atomic mass is 28.3. The van der Waals surface area contributed by atoms with Crippen molar-refractivity contribution in [3.63, 3.8) is 0 Å². The lowest BCUT2D eigenvalue weighted by Gasteiger charge is -2.30. The quantitative estimate of drug-likeness (QED) is 0.209. The van der Waals surface area contributed by atoms with Crippen LogP contribution in [0.1, 0.15) is 102 Å². The van der Waals surface area contributed by atoms with Crippen molar-refractivity contribution in [3.8, 4) is 5.75 Å². The topological polar surface area (TPSA) is 9.23 Å². The van der Waals surface area contributed by atoms with Gasteiger partial charge in [-0.2, -0.15) is 0 Å². The van der Waals surface area contributed by atoms with Gasteiger partial charge in [0.1, 0.15) is 12.4 Å². The van der Waals surface area contributed by atoms with Gasteiger partial charge < -0.3 is 4.74 Å². The highest BCUT2D eigenvalue weighted by molar-refractivity contribution is 6.58. The van der Waals surface area contributed by atoms with Crippen LogP contribution in [0.5, 0.6) is 5.75 Å². The van der Waals surface area contributed by atoms with E-state index < -0.39 is 13.0 Å². The summed E-state index contributed by atoms with van der Waals surface area (Å²) in [5.74, 6) is 3.15. The van der Waals surface area contributed by atoms with Crippen molar-refractivity contribution in [3.05, 3.63) is 29.8 Å². The van der Waals surface area contributed by atoms with E-state index in [-0.39, 0.29) is 8.80 Å². The van der Waals surface area contributed by atoms with Crippen LogP contribution in [0.15, 0.2) is 24.3 Å². The van der Waals surface area contributed by atoms with Crippen molar-refractivity contribution < 1.29 is 13.5 Å². The lowest BCUT2D eigenvalue weighted by molar-refractivity contribution is 0.0819. The molecule has 1 nitrogen and oxygen atoms in total. The molecule has 0 bridgehead atoms. The highest BCUT2D eigenvalue weighted by Crippen LogP contribution is 2.38. The fraction of sp³-hybridized carbons (Fsp3) is 0.786. The molecule has 0 aromatic heterocycles. The molecule has 2 fully saturated rings. The van der Waals surface area contributed by atoms with Gasteiger partial charge in [-0.3, -0.25) is 0 Å². The zero-order chi connectivity index (χ0) is 22.6. The second-order valence-corrected chi connectivity index (χ2v) is 14.1. The number of rotatable bonds is 13. The number of benzene rings is 1. The van der Waals surface area contributed by atoms with Crippen molar-refractivity contribution >= 4 is 8.80 Å². The summed E-state index contributed by atoms with van der Waals surface area (Å²) in [6.45, 7) is 1.80. The van der Waals surface area contributed by atoms with Crippen LogP contribution in [0.4, 0.5) is 8.78 Å². The minimum absolute atomic E-state index is 0.341. The maximum absolute atomic E-state index is 12.3. The van der Waals surface area contributed by atoms with E-state index in [1.165, 1.54) is 76.2 Å². The average Bonchev–Trinajstić information content (AvgIpc) is 2.82. The minimum atomic E-state index is -2.41. The van der Waals surface area contributed by atoms with Crippen molar-refractivity contribution in [1.29, 1.82) is 0 Å². The molecule has 0 unspecified atom stereocenters. The van der Waals surface area contributed by atoms with Crippen LogP contribution in [0.3, 0.4) is 0 Å². The van der Waals surface area contributed by atoms with Crippen LogP contribution in [0.2, 0.25) is 18.1 Å². The first-order valence-electron chi connectivity index (χ1n) is 13.6. The molecule has 1 aromatic rings. The standard InChI is InChI=1S/C28H46F2OSi/c1-2-3-6-19-32-20-17-24(18-21-32)8-5-4-7-23-9-11-25(12-10-23)26-13-15-27(16-14-26)31-22-28(29)30/h13-16,23-25,28,32H,2-12,17-22H2,1H3/t23-,24-,25-,32-. The summed E-state index contributed by atoms with van der Waals surface area (Å²) in [4.78, 5) is 0. The maximum atomic E-state index is 12.3. The molecule has 1 aromatic carbocycles. The summed E-state index contributed by atoms with van der Waals surface area (Å²) in [7, 11) is -0.341. The van der Waals surface area contributed by atoms with E-state index in [0.717, 1.165) is 11.8 Å². The molecule has 1 aliphatic carbocycles. The normalized spacial score (nSPS) is 26.4. The predicted octanol–water partition coefficient (Wildman–Crippen LogP) is 8.99. The summed E-state index contributed by atoms with van der Waals surface area (Å²) >= 11 is 0. The summed E-state index contributed by atoms with van der Waals surface area (Å²) < 4.78 is 29.6. The van der Waals surface area contributed by atoms with Crippen LogP contribution in [-0.4, -0.2) is 21.8 Å². The van der Waals surface area contributed by atoms with Gasteiger partial charge in [0.15, 0.2) is 0 Å². The molecule has 182 valence electrons. The van der Waals surface area contributed by atoms with Crippen LogP contribution in [0, 0.1) is 11.8 Å². The van der Waals surface area contributed by atoms with Gasteiger partial charge >= 0.3 is 0 Å². The Labute approximate surface area is 197 Å². The van der Waals surface area contributed by atoms with Crippen molar-refractivity contribution in [2.75, 3.05) is 6.61 Å². The van der Waals surface area contributed by atoms with Crippen molar-refractivity contribution in [2.45, 2.75) is 121 Å². The third-order valence-electron chi connectivity index (χ3n) is 8.23. The first kappa shape index (κ1) is 25.7. The van der Waals surface area contributed by atoms with E-state index in [9.17, 15) is 8.78 Å². The molecule has 1 saturated heterocycles. The molecule has 4 heteroatoms. The van der Waals surface area contributed by atoms with Crippen LogP contribution in [-0.2, 0) is 0 Å². The third kappa shape index (κ3) is 9.15. The largest absolute Gasteiger partial charge is 0.488 e. The molecule has 1 saturated carbocycles. The fourth-order valence-electron chi connectivity index (χ4n) is 6.14. The van der Waals surface area contributed by atoms with Gasteiger partial charge in [-0.15, -0.1) is 0 Å². The van der Waals surface area contributed by atoms with Gasteiger partial charge in [0.05, 0.1) is 0 Å². The molecule has 1 heterocycles. The van der Waals surface area contributed by atoms with Crippen molar-refractivity contribution in [2.24, 2.45) is 11.8 Å². The highest BCUT2D eigenvalue weighted by Gasteiger charge is 2.23. The zero-order valence-electron chi connectivity index (χ0n) is 20.4. The lowest BCUT2D eigenvalue weighted by atomic mass is 9.77. The minimum Gasteiger partial charge on any atom is -0.488 e. The molecule has 0 radical (unpaired) electrons. The second kappa shape index (κ2) is 14.4. The van der Waals surface area contributed by atoms with E-state index in [1.807, 2.05) is 12.1 Å². The molecule has 0 atom stereocenters. The Morgan fingerprint density at radius 1 is 0.844 bits per heavy atom. The van der Waals surface area contributed by atoms with Gasteiger partial charge in [-0.25, -0.2) is 8.78 Å². The Morgan fingerprint density at radius 2 is 1.47 bits per heavy atom. The van der Waals surface area contributed by atoms with Gasteiger partial charge in [0.2, 0.25) is 0 Å². The van der Waals surface area contributed by atoms with E-state index in [1.54, 1.807) is 31.0 Å². The van der Waals surface area contributed by atoms with Gasteiger partial charge in [0.25, 0.3) is 6.43 Å².